The largest absolute Gasteiger partial charge is 0.490 e. The van der Waals surface area contributed by atoms with Crippen LogP contribution < -0.4 is 4.74 Å². The van der Waals surface area contributed by atoms with Crippen molar-refractivity contribution in [2.75, 3.05) is 39.6 Å². The van der Waals surface area contributed by atoms with E-state index in [1.54, 1.807) is 0 Å². The monoisotopic (exact) mass is 384 g/mol. The molecule has 3 aliphatic heterocycles. The Hall–Kier alpha value is -2.67. The van der Waals surface area contributed by atoms with Crippen LogP contribution in [0.1, 0.15) is 19.4 Å². The van der Waals surface area contributed by atoms with E-state index in [1.165, 1.54) is 0 Å². The van der Waals surface area contributed by atoms with Gasteiger partial charge in [-0.15, -0.1) is 0 Å². The zero-order valence-corrected chi connectivity index (χ0v) is 16.3. The number of nitrogens with zero attached hydrogens (tertiary/aromatic N) is 4. The first-order valence-electron chi connectivity index (χ1n) is 9.65. The molecule has 0 aromatic heterocycles. The van der Waals surface area contributed by atoms with Crippen LogP contribution in [0.5, 0.6) is 5.75 Å². The molecule has 0 amide bonds. The Morgan fingerprint density at radius 2 is 1.93 bits per heavy atom. The third kappa shape index (κ3) is 3.94. The van der Waals surface area contributed by atoms with Gasteiger partial charge in [-0.3, -0.25) is 0 Å². The van der Waals surface area contributed by atoms with Crippen molar-refractivity contribution in [2.24, 2.45) is 9.98 Å². The zero-order valence-electron chi connectivity index (χ0n) is 16.3. The highest BCUT2D eigenvalue weighted by molar-refractivity contribution is 6.16. The first kappa shape index (κ1) is 18.7. The van der Waals surface area contributed by atoms with E-state index in [2.05, 4.69) is 39.8 Å². The Balaban J connectivity index is 1.40. The quantitative estimate of drug-likeness (QED) is 0.725. The highest BCUT2D eigenvalue weighted by Crippen LogP contribution is 2.24. The molecule has 148 valence electrons. The summed E-state index contributed by atoms with van der Waals surface area (Å²) in [6, 6.07) is 7.54. The van der Waals surface area contributed by atoms with Gasteiger partial charge in [-0.25, -0.2) is 14.4 Å². The smallest absolute Gasteiger partial charge is 0.190 e. The maximum atomic E-state index is 13.9. The van der Waals surface area contributed by atoms with Crippen LogP contribution in [0.2, 0.25) is 0 Å². The maximum Gasteiger partial charge on any atom is 0.190 e. The molecular formula is C21H25FN4O2. The number of hydrogen-bond acceptors (Lipinski definition) is 6. The van der Waals surface area contributed by atoms with Crippen LogP contribution in [-0.4, -0.2) is 66.7 Å². The van der Waals surface area contributed by atoms with E-state index in [9.17, 15) is 4.39 Å². The summed E-state index contributed by atoms with van der Waals surface area (Å²) in [4.78, 5) is 13.8. The van der Waals surface area contributed by atoms with Crippen molar-refractivity contribution >= 4 is 17.7 Å². The number of ether oxygens (including phenoxy) is 2. The van der Waals surface area contributed by atoms with Gasteiger partial charge in [0.1, 0.15) is 18.1 Å². The summed E-state index contributed by atoms with van der Waals surface area (Å²) < 4.78 is 24.3. The van der Waals surface area contributed by atoms with Crippen molar-refractivity contribution in [3.63, 3.8) is 0 Å². The van der Waals surface area contributed by atoms with E-state index >= 15 is 0 Å². The van der Waals surface area contributed by atoms with E-state index < -0.39 is 5.67 Å². The molecule has 1 aromatic carbocycles. The highest BCUT2D eigenvalue weighted by Gasteiger charge is 2.39. The Labute approximate surface area is 164 Å². The van der Waals surface area contributed by atoms with Crippen molar-refractivity contribution in [1.29, 1.82) is 0 Å². The summed E-state index contributed by atoms with van der Waals surface area (Å²) in [5.41, 5.74) is 0.575. The lowest BCUT2D eigenvalue weighted by Gasteiger charge is -2.33. The molecule has 0 saturated carbocycles. The van der Waals surface area contributed by atoms with Crippen LogP contribution in [0, 0.1) is 0 Å². The molecule has 0 spiro atoms. The lowest BCUT2D eigenvalue weighted by atomic mass is 10.1. The second kappa shape index (κ2) is 7.75. The van der Waals surface area contributed by atoms with E-state index in [0.717, 1.165) is 36.9 Å². The average Bonchev–Trinajstić information content (AvgIpc) is 3.12. The number of aliphatic imine (C=N–C) groups is 2. The van der Waals surface area contributed by atoms with Gasteiger partial charge in [0.15, 0.2) is 17.3 Å². The molecule has 0 N–H and O–H groups in total. The molecule has 3 heterocycles. The molecule has 28 heavy (non-hydrogen) atoms. The summed E-state index contributed by atoms with van der Waals surface area (Å²) >= 11 is 0. The number of alkyl halides is 1. The topological polar surface area (TPSA) is 49.7 Å². The van der Waals surface area contributed by atoms with Gasteiger partial charge in [-0.05, 0) is 37.6 Å². The fourth-order valence-corrected chi connectivity index (χ4v) is 3.16. The van der Waals surface area contributed by atoms with E-state index in [4.69, 9.17) is 9.47 Å². The SMILES string of the molecule is CCN1C=C2N=C(C=Cc3ccc(OCC4(F)COC4)cc3)N=C2N(CC)C1. The van der Waals surface area contributed by atoms with Crippen LogP contribution in [0.25, 0.3) is 6.08 Å². The Morgan fingerprint density at radius 1 is 1.14 bits per heavy atom. The average molecular weight is 384 g/mol. The summed E-state index contributed by atoms with van der Waals surface area (Å²) in [5.74, 6) is 2.28. The molecule has 1 saturated heterocycles. The molecule has 3 aliphatic rings. The standard InChI is InChI=1S/C21H25FN4O2/c1-3-25-11-18-20(26(4-2)15-25)24-19(23-18)10-7-16-5-8-17(9-6-16)28-14-21(22)12-27-13-21/h5-11H,3-4,12-15H2,1-2H3. The predicted molar refractivity (Wildman–Crippen MR) is 108 cm³/mol. The highest BCUT2D eigenvalue weighted by atomic mass is 19.1. The van der Waals surface area contributed by atoms with Crippen LogP contribution in [0.4, 0.5) is 4.39 Å². The minimum atomic E-state index is -1.34. The van der Waals surface area contributed by atoms with Crippen molar-refractivity contribution in [2.45, 2.75) is 19.5 Å². The van der Waals surface area contributed by atoms with Crippen LogP contribution in [-0.2, 0) is 4.74 Å². The fraction of sp³-hybridized carbons (Fsp3) is 0.429. The molecule has 0 radical (unpaired) electrons. The number of likely N-dealkylation sites (N-methyl/N-ethyl adjacent to an activating group) is 1. The summed E-state index contributed by atoms with van der Waals surface area (Å²) in [6.07, 6.45) is 5.95. The maximum absolute atomic E-state index is 13.9. The summed E-state index contributed by atoms with van der Waals surface area (Å²) in [5, 5.41) is 0. The normalized spacial score (nSPS) is 20.5. The first-order chi connectivity index (χ1) is 13.6. The number of benzene rings is 1. The van der Waals surface area contributed by atoms with Gasteiger partial charge in [-0.2, -0.15) is 0 Å². The fourth-order valence-electron chi connectivity index (χ4n) is 3.16. The van der Waals surface area contributed by atoms with Gasteiger partial charge in [-0.1, -0.05) is 18.2 Å². The van der Waals surface area contributed by atoms with Gasteiger partial charge >= 0.3 is 0 Å². The van der Waals surface area contributed by atoms with Gasteiger partial charge in [0.05, 0.1) is 19.9 Å². The Morgan fingerprint density at radius 3 is 2.57 bits per heavy atom. The van der Waals surface area contributed by atoms with Gasteiger partial charge in [0.2, 0.25) is 0 Å². The van der Waals surface area contributed by atoms with Crippen LogP contribution >= 0.6 is 0 Å². The minimum absolute atomic E-state index is 0.0221. The Bertz CT molecular complexity index is 840. The van der Waals surface area contributed by atoms with Gasteiger partial charge in [0.25, 0.3) is 0 Å². The van der Waals surface area contributed by atoms with E-state index in [1.807, 2.05) is 36.4 Å². The number of halogens is 1. The predicted octanol–water partition coefficient (Wildman–Crippen LogP) is 3.08. The Kier molecular flexibility index (Phi) is 5.17. The summed E-state index contributed by atoms with van der Waals surface area (Å²) in [6.45, 7) is 7.18. The number of fused-ring (bicyclic) bond motifs is 1. The van der Waals surface area contributed by atoms with E-state index in [-0.39, 0.29) is 19.8 Å². The summed E-state index contributed by atoms with van der Waals surface area (Å²) in [7, 11) is 0. The molecule has 0 unspecified atom stereocenters. The molecule has 7 heteroatoms. The lowest BCUT2D eigenvalue weighted by Crippen LogP contribution is -2.50. The second-order valence-electron chi connectivity index (χ2n) is 7.16. The molecule has 1 aromatic rings. The van der Waals surface area contributed by atoms with E-state index in [0.29, 0.717) is 11.6 Å². The zero-order chi connectivity index (χ0) is 19.6. The lowest BCUT2D eigenvalue weighted by molar-refractivity contribution is -0.146. The third-order valence-electron chi connectivity index (χ3n) is 4.95. The first-order valence-corrected chi connectivity index (χ1v) is 9.65. The van der Waals surface area contributed by atoms with Crippen molar-refractivity contribution in [1.82, 2.24) is 9.80 Å². The number of rotatable bonds is 7. The third-order valence-corrected chi connectivity index (χ3v) is 4.95. The van der Waals surface area contributed by atoms with Crippen molar-refractivity contribution in [3.8, 4) is 5.75 Å². The number of hydrogen-bond donors (Lipinski definition) is 0. The molecule has 0 bridgehead atoms. The second-order valence-corrected chi connectivity index (χ2v) is 7.16. The molecule has 4 rings (SSSR count). The van der Waals surface area contributed by atoms with Crippen molar-refractivity contribution < 1.29 is 13.9 Å². The molecular weight excluding hydrogens is 359 g/mol. The molecule has 1 fully saturated rings. The van der Waals surface area contributed by atoms with Gasteiger partial charge < -0.3 is 19.3 Å². The van der Waals surface area contributed by atoms with Crippen LogP contribution in [0.15, 0.2) is 52.2 Å². The molecule has 6 nitrogen and oxygen atoms in total. The minimum Gasteiger partial charge on any atom is -0.490 e. The molecule has 0 aliphatic carbocycles. The number of amidine groups is 2. The van der Waals surface area contributed by atoms with Crippen molar-refractivity contribution in [3.05, 3.63) is 47.8 Å². The van der Waals surface area contributed by atoms with Crippen LogP contribution in [0.3, 0.4) is 0 Å². The van der Waals surface area contributed by atoms with Gasteiger partial charge in [0, 0.05) is 19.3 Å². The molecule has 0 atom stereocenters.